The van der Waals surface area contributed by atoms with E-state index in [1.807, 2.05) is 24.3 Å². The van der Waals surface area contributed by atoms with E-state index >= 15 is 0 Å². The molecular formula is C16H19NO3S. The Labute approximate surface area is 128 Å². The second-order valence-corrected chi connectivity index (χ2v) is 7.14. The summed E-state index contributed by atoms with van der Waals surface area (Å²) in [6.45, 7) is 1.74. The van der Waals surface area contributed by atoms with E-state index in [0.29, 0.717) is 6.42 Å². The summed E-state index contributed by atoms with van der Waals surface area (Å²) in [5.41, 5.74) is 0.232. The zero-order chi connectivity index (χ0) is 15.0. The van der Waals surface area contributed by atoms with E-state index in [-0.39, 0.29) is 17.9 Å². The zero-order valence-corrected chi connectivity index (χ0v) is 12.8. The fourth-order valence-corrected chi connectivity index (χ4v) is 4.53. The molecule has 3 unspecified atom stereocenters. The van der Waals surface area contributed by atoms with Crippen LogP contribution in [0.25, 0.3) is 0 Å². The van der Waals surface area contributed by atoms with Crippen molar-refractivity contribution in [3.05, 3.63) is 29.8 Å². The number of carboxylic acid groups (broad SMARTS) is 1. The first-order valence-corrected chi connectivity index (χ1v) is 8.26. The van der Waals surface area contributed by atoms with Crippen LogP contribution in [0.5, 0.6) is 0 Å². The van der Waals surface area contributed by atoms with Crippen molar-refractivity contribution in [2.45, 2.75) is 43.0 Å². The minimum absolute atomic E-state index is 0.0353. The molecule has 112 valence electrons. The number of fused-ring (bicyclic) bond motifs is 1. The molecule has 2 N–H and O–H groups in total. The Hall–Kier alpha value is -1.49. The molecule has 1 saturated carbocycles. The molecule has 0 bridgehead atoms. The maximum atomic E-state index is 12.6. The third-order valence-corrected chi connectivity index (χ3v) is 5.96. The van der Waals surface area contributed by atoms with Gasteiger partial charge in [-0.3, -0.25) is 9.59 Å². The van der Waals surface area contributed by atoms with Crippen LogP contribution < -0.4 is 5.32 Å². The van der Waals surface area contributed by atoms with Crippen molar-refractivity contribution in [3.63, 3.8) is 0 Å². The van der Waals surface area contributed by atoms with E-state index in [4.69, 9.17) is 0 Å². The number of amides is 1. The molecule has 0 saturated heterocycles. The summed E-state index contributed by atoms with van der Waals surface area (Å²) < 4.78 is 0. The van der Waals surface area contributed by atoms with Crippen LogP contribution in [0.2, 0.25) is 0 Å². The van der Waals surface area contributed by atoms with Gasteiger partial charge in [-0.2, -0.15) is 0 Å². The molecule has 3 atom stereocenters. The van der Waals surface area contributed by atoms with Gasteiger partial charge in [-0.25, -0.2) is 0 Å². The highest BCUT2D eigenvalue weighted by molar-refractivity contribution is 7.99. The highest BCUT2D eigenvalue weighted by Gasteiger charge is 2.46. The number of nitrogens with one attached hydrogen (secondary N) is 1. The van der Waals surface area contributed by atoms with Crippen molar-refractivity contribution in [2.75, 3.05) is 5.75 Å². The highest BCUT2D eigenvalue weighted by Crippen LogP contribution is 2.41. The van der Waals surface area contributed by atoms with Crippen LogP contribution in [0.4, 0.5) is 0 Å². The average molecular weight is 305 g/mol. The largest absolute Gasteiger partial charge is 0.481 e. The lowest BCUT2D eigenvalue weighted by atomic mass is 9.84. The average Bonchev–Trinajstić information content (AvgIpc) is 3.04. The van der Waals surface area contributed by atoms with Crippen LogP contribution in [0, 0.1) is 5.41 Å². The minimum atomic E-state index is -0.832. The fraction of sp³-hybridized carbons (Fsp3) is 0.500. The quantitative estimate of drug-likeness (QED) is 0.901. The van der Waals surface area contributed by atoms with Crippen molar-refractivity contribution < 1.29 is 14.7 Å². The van der Waals surface area contributed by atoms with Gasteiger partial charge < -0.3 is 10.4 Å². The Bertz CT molecular complexity index is 589. The molecule has 1 aromatic carbocycles. The summed E-state index contributed by atoms with van der Waals surface area (Å²) in [6, 6.07) is 7.68. The van der Waals surface area contributed by atoms with E-state index in [1.54, 1.807) is 18.7 Å². The van der Waals surface area contributed by atoms with Gasteiger partial charge in [-0.05, 0) is 31.4 Å². The normalized spacial score (nSPS) is 30.9. The predicted molar refractivity (Wildman–Crippen MR) is 81.4 cm³/mol. The lowest BCUT2D eigenvalue weighted by Gasteiger charge is -2.28. The van der Waals surface area contributed by atoms with E-state index in [1.165, 1.54) is 0 Å². The Morgan fingerprint density at radius 1 is 1.38 bits per heavy atom. The standard InChI is InChI=1S/C16H19NO3S/c1-16(15(19)20)8-4-7-13(16)17-14(18)11-9-21-12-6-3-2-5-10(11)12/h2-3,5-6,11,13H,4,7-9H2,1H3,(H,17,18)(H,19,20). The minimum Gasteiger partial charge on any atom is -0.481 e. The molecule has 0 spiro atoms. The first kappa shape index (κ1) is 14.4. The van der Waals surface area contributed by atoms with E-state index in [0.717, 1.165) is 29.1 Å². The lowest BCUT2D eigenvalue weighted by Crippen LogP contribution is -2.48. The van der Waals surface area contributed by atoms with Gasteiger partial charge in [0.2, 0.25) is 5.91 Å². The Morgan fingerprint density at radius 2 is 2.14 bits per heavy atom. The zero-order valence-electron chi connectivity index (χ0n) is 12.0. The Balaban J connectivity index is 1.75. The van der Waals surface area contributed by atoms with Crippen molar-refractivity contribution in [1.82, 2.24) is 5.32 Å². The van der Waals surface area contributed by atoms with Crippen LogP contribution in [0.1, 0.15) is 37.7 Å². The topological polar surface area (TPSA) is 66.4 Å². The highest BCUT2D eigenvalue weighted by atomic mass is 32.2. The summed E-state index contributed by atoms with van der Waals surface area (Å²) in [5, 5.41) is 12.4. The van der Waals surface area contributed by atoms with Gasteiger partial charge in [0, 0.05) is 16.7 Å². The maximum absolute atomic E-state index is 12.6. The second kappa shape index (κ2) is 5.37. The number of hydrogen-bond donors (Lipinski definition) is 2. The van der Waals surface area contributed by atoms with Gasteiger partial charge in [0.1, 0.15) is 0 Å². The predicted octanol–water partition coefficient (Wildman–Crippen LogP) is 2.64. The summed E-state index contributed by atoms with van der Waals surface area (Å²) in [5.74, 6) is -0.273. The number of aliphatic carboxylic acids is 1. The molecule has 2 aliphatic rings. The molecule has 4 nitrogen and oxygen atoms in total. The third kappa shape index (κ3) is 2.44. The number of carbonyl (C=O) groups is 2. The van der Waals surface area contributed by atoms with E-state index < -0.39 is 11.4 Å². The van der Waals surface area contributed by atoms with Crippen molar-refractivity contribution in [3.8, 4) is 0 Å². The van der Waals surface area contributed by atoms with Gasteiger partial charge in [0.25, 0.3) is 0 Å². The Kier molecular flexibility index (Phi) is 3.69. The Morgan fingerprint density at radius 3 is 2.90 bits per heavy atom. The van der Waals surface area contributed by atoms with Crippen molar-refractivity contribution >= 4 is 23.6 Å². The fourth-order valence-electron chi connectivity index (χ4n) is 3.31. The second-order valence-electron chi connectivity index (χ2n) is 6.08. The van der Waals surface area contributed by atoms with Crippen LogP contribution in [-0.2, 0) is 9.59 Å². The summed E-state index contributed by atoms with van der Waals surface area (Å²) in [4.78, 5) is 25.2. The van der Waals surface area contributed by atoms with Crippen molar-refractivity contribution in [2.24, 2.45) is 5.41 Å². The SMILES string of the molecule is CC1(C(=O)O)CCCC1NC(=O)C1CSc2ccccc21. The number of benzene rings is 1. The molecule has 1 heterocycles. The molecule has 1 fully saturated rings. The molecule has 5 heteroatoms. The van der Waals surface area contributed by atoms with Gasteiger partial charge in [-0.15, -0.1) is 11.8 Å². The molecule has 1 aliphatic carbocycles. The van der Waals surface area contributed by atoms with Crippen LogP contribution in [0.3, 0.4) is 0 Å². The summed E-state index contributed by atoms with van der Waals surface area (Å²) in [6.07, 6.45) is 2.23. The smallest absolute Gasteiger partial charge is 0.311 e. The molecule has 21 heavy (non-hydrogen) atoms. The molecule has 1 aliphatic heterocycles. The molecule has 0 radical (unpaired) electrons. The third-order valence-electron chi connectivity index (χ3n) is 4.78. The van der Waals surface area contributed by atoms with Gasteiger partial charge in [-0.1, -0.05) is 24.6 Å². The molecular weight excluding hydrogens is 286 g/mol. The van der Waals surface area contributed by atoms with Crippen LogP contribution in [-0.4, -0.2) is 28.8 Å². The van der Waals surface area contributed by atoms with Crippen molar-refractivity contribution in [1.29, 1.82) is 0 Å². The first-order valence-electron chi connectivity index (χ1n) is 7.28. The number of carboxylic acids is 1. The van der Waals surface area contributed by atoms with Gasteiger partial charge >= 0.3 is 5.97 Å². The van der Waals surface area contributed by atoms with Gasteiger partial charge in [0.05, 0.1) is 11.3 Å². The molecule has 0 aromatic heterocycles. The monoisotopic (exact) mass is 305 g/mol. The number of rotatable bonds is 3. The number of carbonyl (C=O) groups excluding carboxylic acids is 1. The van der Waals surface area contributed by atoms with E-state index in [9.17, 15) is 14.7 Å². The summed E-state index contributed by atoms with van der Waals surface area (Å²) in [7, 11) is 0. The molecule has 1 aromatic rings. The summed E-state index contributed by atoms with van der Waals surface area (Å²) >= 11 is 1.69. The number of hydrogen-bond acceptors (Lipinski definition) is 3. The lowest BCUT2D eigenvalue weighted by molar-refractivity contribution is -0.149. The number of thioether (sulfide) groups is 1. The first-order chi connectivity index (χ1) is 10.0. The van der Waals surface area contributed by atoms with E-state index in [2.05, 4.69) is 5.32 Å². The van der Waals surface area contributed by atoms with Gasteiger partial charge in [0.15, 0.2) is 0 Å². The molecule has 3 rings (SSSR count). The molecule has 1 amide bonds. The van der Waals surface area contributed by atoms with Crippen LogP contribution in [0.15, 0.2) is 29.2 Å². The maximum Gasteiger partial charge on any atom is 0.311 e. The van der Waals surface area contributed by atoms with Crippen LogP contribution >= 0.6 is 11.8 Å².